The Hall–Kier alpha value is -4.67. The Balaban J connectivity index is 1.64. The summed E-state index contributed by atoms with van der Waals surface area (Å²) in [7, 11) is 0. The van der Waals surface area contributed by atoms with Gasteiger partial charge in [0.15, 0.2) is 0 Å². The first-order valence-electron chi connectivity index (χ1n) is 10.6. The number of nitrogens with one attached hydrogen (secondary N) is 3. The van der Waals surface area contributed by atoms with Crippen LogP contribution in [-0.2, 0) is 15.8 Å². The Morgan fingerprint density at radius 2 is 1.56 bits per heavy atom. The van der Waals surface area contributed by atoms with E-state index in [0.29, 0.717) is 18.0 Å². The molecule has 0 aliphatic carbocycles. The molecular weight excluding hydrogens is 477 g/mol. The third-order valence-electron chi connectivity index (χ3n) is 4.69. The van der Waals surface area contributed by atoms with Crippen LogP contribution in [0.25, 0.3) is 0 Å². The standard InChI is InChI=1S/C25H21F3N4O4/c1-2-36-18-13-11-17(12-14-18)30-22(33)19-8-4-6-10-21(19)31-23(34)24(35)32-29-15-16-7-3-5-9-20(16)25(26,27)28/h3-15H,2H2,1H3,(H,30,33)(H,31,34)(H,32,35)/b29-15+. The molecule has 0 spiro atoms. The molecule has 0 bridgehead atoms. The van der Waals surface area contributed by atoms with Crippen molar-refractivity contribution >= 4 is 35.3 Å². The molecule has 3 N–H and O–H groups in total. The van der Waals surface area contributed by atoms with Crippen molar-refractivity contribution in [2.45, 2.75) is 13.1 Å². The normalized spacial score (nSPS) is 11.1. The smallest absolute Gasteiger partial charge is 0.417 e. The van der Waals surface area contributed by atoms with Crippen molar-refractivity contribution in [3.63, 3.8) is 0 Å². The van der Waals surface area contributed by atoms with Crippen LogP contribution < -0.4 is 20.8 Å². The molecule has 186 valence electrons. The van der Waals surface area contributed by atoms with Gasteiger partial charge in [-0.3, -0.25) is 14.4 Å². The molecule has 8 nitrogen and oxygen atoms in total. The third-order valence-corrected chi connectivity index (χ3v) is 4.69. The van der Waals surface area contributed by atoms with Gasteiger partial charge in [-0.2, -0.15) is 18.3 Å². The Labute approximate surface area is 204 Å². The van der Waals surface area contributed by atoms with E-state index < -0.39 is 29.5 Å². The fraction of sp³-hybridized carbons (Fsp3) is 0.120. The fourth-order valence-corrected chi connectivity index (χ4v) is 3.05. The summed E-state index contributed by atoms with van der Waals surface area (Å²) < 4.78 is 44.5. The van der Waals surface area contributed by atoms with E-state index in [9.17, 15) is 27.6 Å². The van der Waals surface area contributed by atoms with E-state index in [0.717, 1.165) is 18.3 Å². The Morgan fingerprint density at radius 3 is 2.25 bits per heavy atom. The van der Waals surface area contributed by atoms with Crippen molar-refractivity contribution in [3.8, 4) is 5.75 Å². The Morgan fingerprint density at radius 1 is 0.889 bits per heavy atom. The highest BCUT2D eigenvalue weighted by Crippen LogP contribution is 2.31. The van der Waals surface area contributed by atoms with Crippen molar-refractivity contribution in [3.05, 3.63) is 89.5 Å². The predicted octanol–water partition coefficient (Wildman–Crippen LogP) is 4.45. The summed E-state index contributed by atoms with van der Waals surface area (Å²) >= 11 is 0. The van der Waals surface area contributed by atoms with Gasteiger partial charge < -0.3 is 15.4 Å². The summed E-state index contributed by atoms with van der Waals surface area (Å²) in [6.45, 7) is 2.35. The van der Waals surface area contributed by atoms with Gasteiger partial charge in [0.1, 0.15) is 5.75 Å². The molecule has 0 fully saturated rings. The average Bonchev–Trinajstić information content (AvgIpc) is 2.85. The predicted molar refractivity (Wildman–Crippen MR) is 128 cm³/mol. The van der Waals surface area contributed by atoms with Gasteiger partial charge in [-0.15, -0.1) is 0 Å². The quantitative estimate of drug-likeness (QED) is 0.254. The summed E-state index contributed by atoms with van der Waals surface area (Å²) in [6.07, 6.45) is -3.83. The maximum absolute atomic E-state index is 13.0. The third kappa shape index (κ3) is 6.92. The lowest BCUT2D eigenvalue weighted by Gasteiger charge is -2.11. The molecule has 0 aliphatic rings. The van der Waals surface area contributed by atoms with Crippen LogP contribution in [-0.4, -0.2) is 30.5 Å². The number of nitrogens with zero attached hydrogens (tertiary/aromatic N) is 1. The fourth-order valence-electron chi connectivity index (χ4n) is 3.05. The van der Waals surface area contributed by atoms with E-state index in [1.165, 1.54) is 24.3 Å². The highest BCUT2D eigenvalue weighted by Gasteiger charge is 2.32. The molecule has 0 radical (unpaired) electrons. The van der Waals surface area contributed by atoms with Gasteiger partial charge in [0.05, 0.1) is 29.6 Å². The minimum Gasteiger partial charge on any atom is -0.494 e. The molecule has 3 amide bonds. The number of rotatable bonds is 7. The molecule has 0 aliphatic heterocycles. The highest BCUT2D eigenvalue weighted by atomic mass is 19.4. The number of amides is 3. The lowest BCUT2D eigenvalue weighted by molar-refractivity contribution is -0.137. The lowest BCUT2D eigenvalue weighted by atomic mass is 10.1. The molecule has 0 saturated heterocycles. The number of anilines is 2. The zero-order valence-electron chi connectivity index (χ0n) is 18.9. The average molecular weight is 498 g/mol. The number of para-hydroxylation sites is 1. The van der Waals surface area contributed by atoms with Gasteiger partial charge in [-0.1, -0.05) is 30.3 Å². The molecule has 3 rings (SSSR count). The second-order valence-electron chi connectivity index (χ2n) is 7.20. The van der Waals surface area contributed by atoms with Crippen molar-refractivity contribution in [1.29, 1.82) is 0 Å². The minimum absolute atomic E-state index is 0.0486. The van der Waals surface area contributed by atoms with Gasteiger partial charge in [0, 0.05) is 11.3 Å². The molecule has 0 saturated carbocycles. The van der Waals surface area contributed by atoms with Crippen molar-refractivity contribution < 1.29 is 32.3 Å². The van der Waals surface area contributed by atoms with E-state index in [2.05, 4.69) is 15.7 Å². The molecule has 11 heteroatoms. The van der Waals surface area contributed by atoms with E-state index >= 15 is 0 Å². The zero-order valence-corrected chi connectivity index (χ0v) is 18.9. The van der Waals surface area contributed by atoms with Crippen LogP contribution in [0, 0.1) is 0 Å². The van der Waals surface area contributed by atoms with Crippen molar-refractivity contribution in [2.75, 3.05) is 17.2 Å². The SMILES string of the molecule is CCOc1ccc(NC(=O)c2ccccc2NC(=O)C(=O)N/N=C/c2ccccc2C(F)(F)F)cc1. The number of alkyl halides is 3. The molecule has 0 heterocycles. The lowest BCUT2D eigenvalue weighted by Crippen LogP contribution is -2.33. The number of hydrogen-bond donors (Lipinski definition) is 3. The van der Waals surface area contributed by atoms with Gasteiger partial charge in [-0.25, -0.2) is 5.43 Å². The monoisotopic (exact) mass is 498 g/mol. The number of carbonyl (C=O) groups is 3. The largest absolute Gasteiger partial charge is 0.494 e. The Bertz CT molecular complexity index is 1270. The molecule has 0 aromatic heterocycles. The molecular formula is C25H21F3N4O4. The first kappa shape index (κ1) is 25.9. The van der Waals surface area contributed by atoms with E-state index in [-0.39, 0.29) is 16.8 Å². The molecule has 0 unspecified atom stereocenters. The molecule has 3 aromatic rings. The highest BCUT2D eigenvalue weighted by molar-refractivity contribution is 6.40. The maximum Gasteiger partial charge on any atom is 0.417 e. The van der Waals surface area contributed by atoms with Crippen LogP contribution in [0.15, 0.2) is 77.9 Å². The van der Waals surface area contributed by atoms with Crippen LogP contribution in [0.5, 0.6) is 5.75 Å². The number of carbonyl (C=O) groups excluding carboxylic acids is 3. The number of hydrogen-bond acceptors (Lipinski definition) is 5. The van der Waals surface area contributed by atoms with E-state index in [1.807, 2.05) is 12.3 Å². The van der Waals surface area contributed by atoms with Gasteiger partial charge in [-0.05, 0) is 49.4 Å². The molecule has 36 heavy (non-hydrogen) atoms. The van der Waals surface area contributed by atoms with Gasteiger partial charge in [0.2, 0.25) is 0 Å². The van der Waals surface area contributed by atoms with Crippen LogP contribution >= 0.6 is 0 Å². The van der Waals surface area contributed by atoms with Crippen molar-refractivity contribution in [1.82, 2.24) is 5.43 Å². The van der Waals surface area contributed by atoms with Crippen LogP contribution in [0.1, 0.15) is 28.4 Å². The van der Waals surface area contributed by atoms with Crippen LogP contribution in [0.2, 0.25) is 0 Å². The van der Waals surface area contributed by atoms with Crippen LogP contribution in [0.4, 0.5) is 24.5 Å². The second kappa shape index (κ2) is 11.6. The second-order valence-corrected chi connectivity index (χ2v) is 7.20. The zero-order chi connectivity index (χ0) is 26.1. The number of ether oxygens (including phenoxy) is 1. The maximum atomic E-state index is 13.0. The van der Waals surface area contributed by atoms with E-state index in [1.54, 1.807) is 36.4 Å². The van der Waals surface area contributed by atoms with E-state index in [4.69, 9.17) is 4.74 Å². The van der Waals surface area contributed by atoms with Crippen LogP contribution in [0.3, 0.4) is 0 Å². The summed E-state index contributed by atoms with van der Waals surface area (Å²) in [6, 6.07) is 17.3. The number of hydrazone groups is 1. The number of benzene rings is 3. The van der Waals surface area contributed by atoms with Crippen molar-refractivity contribution in [2.24, 2.45) is 5.10 Å². The number of halogens is 3. The first-order chi connectivity index (χ1) is 17.2. The van der Waals surface area contributed by atoms with Gasteiger partial charge in [0.25, 0.3) is 5.91 Å². The summed E-state index contributed by atoms with van der Waals surface area (Å²) in [5.74, 6) is -2.31. The first-order valence-corrected chi connectivity index (χ1v) is 10.6. The summed E-state index contributed by atoms with van der Waals surface area (Å²) in [4.78, 5) is 37.1. The molecule has 3 aromatic carbocycles. The topological polar surface area (TPSA) is 109 Å². The minimum atomic E-state index is -4.61. The van der Waals surface area contributed by atoms with Gasteiger partial charge >= 0.3 is 18.0 Å². The summed E-state index contributed by atoms with van der Waals surface area (Å²) in [5.41, 5.74) is 1.25. The molecule has 0 atom stereocenters. The summed E-state index contributed by atoms with van der Waals surface area (Å²) in [5, 5.41) is 8.42. The Kier molecular flexibility index (Phi) is 8.39.